The molecule has 0 aliphatic heterocycles. The number of nitro benzene ring substituents is 1. The molecule has 0 unspecified atom stereocenters. The molecule has 0 radical (unpaired) electrons. The number of rotatable bonds is 6. The molecule has 168 valence electrons. The van der Waals surface area contributed by atoms with Crippen molar-refractivity contribution >= 4 is 38.1 Å². The fourth-order valence-corrected chi connectivity index (χ4v) is 4.31. The molecule has 0 bridgehead atoms. The second-order valence-electron chi connectivity index (χ2n) is 6.60. The SMILES string of the molecule is Cc1cc(=O)n(-c2ccc(/C=C/c3ccc([N+](=O)[O-])cc3S(=O)(=O)O)c(S(=O)(=O)O)c2)[nH]1. The molecule has 3 rings (SSSR count). The summed E-state index contributed by atoms with van der Waals surface area (Å²) in [5.74, 6) is 0. The lowest BCUT2D eigenvalue weighted by molar-refractivity contribution is -0.385. The quantitative estimate of drug-likeness (QED) is 0.205. The summed E-state index contributed by atoms with van der Waals surface area (Å²) >= 11 is 0. The van der Waals surface area contributed by atoms with Crippen LogP contribution in [0.4, 0.5) is 5.69 Å². The van der Waals surface area contributed by atoms with Gasteiger partial charge in [-0.1, -0.05) is 18.2 Å². The molecule has 0 atom stereocenters. The molecule has 0 saturated carbocycles. The van der Waals surface area contributed by atoms with Crippen LogP contribution in [0.25, 0.3) is 17.8 Å². The number of aromatic amines is 1. The number of nitro groups is 1. The van der Waals surface area contributed by atoms with Crippen molar-refractivity contribution < 1.29 is 30.9 Å². The highest BCUT2D eigenvalue weighted by Gasteiger charge is 2.20. The summed E-state index contributed by atoms with van der Waals surface area (Å²) in [6.07, 6.45) is 2.23. The molecular formula is C18H15N3O9S2. The fraction of sp³-hybridized carbons (Fsp3) is 0.0556. The number of nitrogens with one attached hydrogen (secondary N) is 1. The molecule has 0 fully saturated rings. The van der Waals surface area contributed by atoms with E-state index in [0.29, 0.717) is 11.8 Å². The topological polar surface area (TPSA) is 190 Å². The molecule has 1 heterocycles. The van der Waals surface area contributed by atoms with E-state index < -0.39 is 46.2 Å². The predicted octanol–water partition coefficient (Wildman–Crippen LogP) is 2.05. The summed E-state index contributed by atoms with van der Waals surface area (Å²) in [5.41, 5.74) is -0.655. The lowest BCUT2D eigenvalue weighted by atomic mass is 10.1. The molecule has 32 heavy (non-hydrogen) atoms. The normalized spacial score (nSPS) is 12.3. The van der Waals surface area contributed by atoms with Crippen molar-refractivity contribution in [1.29, 1.82) is 0 Å². The van der Waals surface area contributed by atoms with E-state index in [2.05, 4.69) is 5.10 Å². The van der Waals surface area contributed by atoms with E-state index in [1.807, 2.05) is 0 Å². The van der Waals surface area contributed by atoms with Crippen LogP contribution in [0.3, 0.4) is 0 Å². The van der Waals surface area contributed by atoms with E-state index in [9.17, 15) is 40.8 Å². The first kappa shape index (κ1) is 23.1. The van der Waals surface area contributed by atoms with Gasteiger partial charge < -0.3 is 0 Å². The van der Waals surface area contributed by atoms with Crippen LogP contribution in [0.15, 0.2) is 57.1 Å². The molecule has 0 spiro atoms. The Labute approximate surface area is 181 Å². The molecule has 3 aromatic rings. The summed E-state index contributed by atoms with van der Waals surface area (Å²) < 4.78 is 67.1. The predicted molar refractivity (Wildman–Crippen MR) is 113 cm³/mol. The fourth-order valence-electron chi connectivity index (χ4n) is 2.91. The van der Waals surface area contributed by atoms with Gasteiger partial charge in [-0.2, -0.15) is 16.8 Å². The number of hydrogen-bond acceptors (Lipinski definition) is 7. The van der Waals surface area contributed by atoms with Gasteiger partial charge in [0.25, 0.3) is 31.5 Å². The standard InChI is InChI=1S/C18H15N3O9S2/c1-11-8-18(22)20(19-11)14-6-4-12(16(9-14)31(25,26)27)2-3-13-5-7-15(21(23)24)10-17(13)32(28,29)30/h2-10,19H,1H3,(H,25,26,27)(H,28,29,30)/b3-2+. The number of hydrogen-bond donors (Lipinski definition) is 3. The Morgan fingerprint density at radius 2 is 1.47 bits per heavy atom. The van der Waals surface area contributed by atoms with Gasteiger partial charge in [-0.25, -0.2) is 4.68 Å². The molecular weight excluding hydrogens is 466 g/mol. The second-order valence-corrected chi connectivity index (χ2v) is 9.38. The first-order valence-corrected chi connectivity index (χ1v) is 11.5. The maximum Gasteiger partial charge on any atom is 0.295 e. The van der Waals surface area contributed by atoms with Crippen molar-refractivity contribution in [1.82, 2.24) is 9.78 Å². The summed E-state index contributed by atoms with van der Waals surface area (Å²) in [6, 6.07) is 7.67. The van der Waals surface area contributed by atoms with Crippen molar-refractivity contribution in [2.24, 2.45) is 0 Å². The Morgan fingerprint density at radius 1 is 0.938 bits per heavy atom. The average Bonchev–Trinajstić information content (AvgIpc) is 3.02. The van der Waals surface area contributed by atoms with Gasteiger partial charge in [0, 0.05) is 23.9 Å². The maximum atomic E-state index is 12.0. The molecule has 14 heteroatoms. The Hall–Kier alpha value is -3.59. The molecule has 0 amide bonds. The van der Waals surface area contributed by atoms with Crippen LogP contribution in [0.1, 0.15) is 16.8 Å². The molecule has 0 aliphatic carbocycles. The van der Waals surface area contributed by atoms with Gasteiger partial charge in [-0.05, 0) is 36.2 Å². The van der Waals surface area contributed by atoms with Gasteiger partial charge in [-0.15, -0.1) is 0 Å². The minimum absolute atomic E-state index is 0.0767. The van der Waals surface area contributed by atoms with E-state index in [0.717, 1.165) is 35.0 Å². The Kier molecular flexibility index (Phi) is 5.88. The largest absolute Gasteiger partial charge is 0.295 e. The third-order valence-electron chi connectivity index (χ3n) is 4.31. The van der Waals surface area contributed by atoms with Gasteiger partial charge in [0.05, 0.1) is 10.6 Å². The van der Waals surface area contributed by atoms with E-state index in [1.54, 1.807) is 6.92 Å². The highest BCUT2D eigenvalue weighted by atomic mass is 32.2. The Morgan fingerprint density at radius 3 is 1.94 bits per heavy atom. The van der Waals surface area contributed by atoms with Gasteiger partial charge in [0.1, 0.15) is 9.79 Å². The number of aryl methyl sites for hydroxylation is 1. The number of aromatic nitrogens is 2. The van der Waals surface area contributed by atoms with Crippen LogP contribution in [0.2, 0.25) is 0 Å². The highest BCUT2D eigenvalue weighted by Crippen LogP contribution is 2.26. The highest BCUT2D eigenvalue weighted by molar-refractivity contribution is 7.86. The zero-order valence-electron chi connectivity index (χ0n) is 16.2. The molecule has 0 saturated heterocycles. The second kappa shape index (κ2) is 8.16. The van der Waals surface area contributed by atoms with Crippen LogP contribution in [-0.2, 0) is 20.2 Å². The number of H-pyrrole nitrogens is 1. The van der Waals surface area contributed by atoms with Gasteiger partial charge in [0.2, 0.25) is 0 Å². The van der Waals surface area contributed by atoms with Crippen molar-refractivity contribution in [2.75, 3.05) is 0 Å². The molecule has 0 aliphatic rings. The average molecular weight is 481 g/mol. The molecule has 2 aromatic carbocycles. The summed E-state index contributed by atoms with van der Waals surface area (Å²) in [6.45, 7) is 1.62. The Balaban J connectivity index is 2.14. The molecule has 1 aromatic heterocycles. The summed E-state index contributed by atoms with van der Waals surface area (Å²) in [5, 5.41) is 13.6. The summed E-state index contributed by atoms with van der Waals surface area (Å²) in [7, 11) is -9.61. The van der Waals surface area contributed by atoms with Crippen LogP contribution < -0.4 is 5.56 Å². The monoisotopic (exact) mass is 481 g/mol. The van der Waals surface area contributed by atoms with E-state index in [4.69, 9.17) is 0 Å². The minimum Gasteiger partial charge on any atom is -0.295 e. The maximum absolute atomic E-state index is 12.0. The third-order valence-corrected chi connectivity index (χ3v) is 6.13. The number of non-ortho nitro benzene ring substituents is 1. The number of benzene rings is 2. The van der Waals surface area contributed by atoms with Gasteiger partial charge in [0.15, 0.2) is 0 Å². The van der Waals surface area contributed by atoms with Crippen LogP contribution in [0.5, 0.6) is 0 Å². The Bertz CT molecular complexity index is 1530. The number of nitrogens with zero attached hydrogens (tertiary/aromatic N) is 2. The lowest BCUT2D eigenvalue weighted by Gasteiger charge is -2.08. The van der Waals surface area contributed by atoms with Crippen molar-refractivity contribution in [3.05, 3.63) is 79.8 Å². The smallest absolute Gasteiger partial charge is 0.295 e. The third kappa shape index (κ3) is 4.83. The van der Waals surface area contributed by atoms with Crippen LogP contribution >= 0.6 is 0 Å². The van der Waals surface area contributed by atoms with Crippen molar-refractivity contribution in [3.63, 3.8) is 0 Å². The zero-order valence-corrected chi connectivity index (χ0v) is 17.8. The van der Waals surface area contributed by atoms with Crippen molar-refractivity contribution in [2.45, 2.75) is 16.7 Å². The van der Waals surface area contributed by atoms with Gasteiger partial charge >= 0.3 is 0 Å². The lowest BCUT2D eigenvalue weighted by Crippen LogP contribution is -2.14. The van der Waals surface area contributed by atoms with Crippen molar-refractivity contribution in [3.8, 4) is 5.69 Å². The zero-order chi connectivity index (χ0) is 23.8. The molecule has 3 N–H and O–H groups in total. The molecule has 12 nitrogen and oxygen atoms in total. The summed E-state index contributed by atoms with van der Waals surface area (Å²) in [4.78, 5) is 20.7. The van der Waals surface area contributed by atoms with E-state index in [-0.39, 0.29) is 16.8 Å². The van der Waals surface area contributed by atoms with E-state index in [1.165, 1.54) is 18.2 Å². The van der Waals surface area contributed by atoms with Gasteiger partial charge in [-0.3, -0.25) is 29.1 Å². The van der Waals surface area contributed by atoms with Crippen LogP contribution in [0, 0.1) is 17.0 Å². The minimum atomic E-state index is -4.84. The van der Waals surface area contributed by atoms with Crippen LogP contribution in [-0.4, -0.2) is 40.6 Å². The first-order valence-electron chi connectivity index (χ1n) is 8.62. The first-order chi connectivity index (χ1) is 14.8. The van der Waals surface area contributed by atoms with E-state index >= 15 is 0 Å².